The van der Waals surface area contributed by atoms with Gasteiger partial charge >= 0.3 is 0 Å². The van der Waals surface area contributed by atoms with Gasteiger partial charge in [-0.25, -0.2) is 4.98 Å². The van der Waals surface area contributed by atoms with Gasteiger partial charge in [0.2, 0.25) is 0 Å². The Hall–Kier alpha value is -5.28. The molecule has 0 saturated carbocycles. The zero-order chi connectivity index (χ0) is 29.7. The summed E-state index contributed by atoms with van der Waals surface area (Å²) in [6.45, 7) is 9.05. The van der Waals surface area contributed by atoms with Gasteiger partial charge in [-0.1, -0.05) is 99.6 Å². The minimum Gasteiger partial charge on any atom is -0.300 e. The molecule has 9 rings (SSSR count). The van der Waals surface area contributed by atoms with Crippen LogP contribution in [0.15, 0.2) is 116 Å². The summed E-state index contributed by atoms with van der Waals surface area (Å²) in [6, 6.07) is 37.6. The lowest BCUT2D eigenvalue weighted by Crippen LogP contribution is -2.10. The van der Waals surface area contributed by atoms with E-state index in [1.807, 2.05) is 6.20 Å². The van der Waals surface area contributed by atoms with Crippen LogP contribution >= 0.6 is 0 Å². The summed E-state index contributed by atoms with van der Waals surface area (Å²) < 4.78 is 2.32. The summed E-state index contributed by atoms with van der Waals surface area (Å²) in [5, 5.41) is 11.1. The molecule has 0 unspecified atom stereocenters. The maximum absolute atomic E-state index is 5.43. The molecule has 4 heterocycles. The first-order valence-corrected chi connectivity index (χ1v) is 15.3. The van der Waals surface area contributed by atoms with Crippen LogP contribution in [0, 0.1) is 6.92 Å². The van der Waals surface area contributed by atoms with Crippen LogP contribution in [0.1, 0.15) is 31.9 Å². The molecule has 0 aliphatic rings. The van der Waals surface area contributed by atoms with Gasteiger partial charge in [0, 0.05) is 45.1 Å². The minimum absolute atomic E-state index is 0.0675. The van der Waals surface area contributed by atoms with E-state index < -0.39 is 0 Å². The van der Waals surface area contributed by atoms with Gasteiger partial charge in [0.05, 0.1) is 16.9 Å². The second kappa shape index (κ2) is 8.87. The van der Waals surface area contributed by atoms with Crippen LogP contribution in [0.2, 0.25) is 0 Å². The van der Waals surface area contributed by atoms with Gasteiger partial charge in [-0.3, -0.25) is 9.38 Å². The fourth-order valence-electron chi connectivity index (χ4n) is 7.08. The zero-order valence-corrected chi connectivity index (χ0v) is 25.3. The van der Waals surface area contributed by atoms with Gasteiger partial charge in [0.25, 0.3) is 0 Å². The molecule has 0 atom stereocenters. The molecule has 0 N–H and O–H groups in total. The summed E-state index contributed by atoms with van der Waals surface area (Å²) >= 11 is 0. The molecular formula is C41H31N3. The van der Waals surface area contributed by atoms with Crippen molar-refractivity contribution in [1.29, 1.82) is 0 Å². The van der Waals surface area contributed by atoms with Gasteiger partial charge in [-0.05, 0) is 74.7 Å². The summed E-state index contributed by atoms with van der Waals surface area (Å²) in [5.74, 6) is 0. The van der Waals surface area contributed by atoms with Crippen molar-refractivity contribution in [2.75, 3.05) is 0 Å². The van der Waals surface area contributed by atoms with Crippen LogP contribution in [-0.2, 0) is 5.41 Å². The van der Waals surface area contributed by atoms with E-state index >= 15 is 0 Å². The number of fused-ring (bicyclic) bond motifs is 5. The molecule has 210 valence electrons. The highest BCUT2D eigenvalue weighted by Crippen LogP contribution is 2.42. The van der Waals surface area contributed by atoms with E-state index in [-0.39, 0.29) is 5.41 Å². The Labute approximate surface area is 255 Å². The third-order valence-corrected chi connectivity index (χ3v) is 9.41. The molecule has 3 nitrogen and oxygen atoms in total. The molecule has 0 aliphatic carbocycles. The Morgan fingerprint density at radius 1 is 0.591 bits per heavy atom. The number of hydrogen-bond donors (Lipinski definition) is 0. The molecule has 9 aromatic rings. The molecule has 0 spiro atoms. The summed E-state index contributed by atoms with van der Waals surface area (Å²) in [7, 11) is 0. The fourth-order valence-corrected chi connectivity index (χ4v) is 7.08. The van der Waals surface area contributed by atoms with Crippen LogP contribution in [0.25, 0.3) is 82.2 Å². The number of aromatic nitrogens is 3. The summed E-state index contributed by atoms with van der Waals surface area (Å²) in [4.78, 5) is 10.2. The van der Waals surface area contributed by atoms with Crippen LogP contribution in [0.4, 0.5) is 0 Å². The largest absolute Gasteiger partial charge is 0.300 e. The van der Waals surface area contributed by atoms with Crippen LogP contribution in [-0.4, -0.2) is 14.4 Å². The molecular weight excluding hydrogens is 534 g/mol. The van der Waals surface area contributed by atoms with Crippen molar-refractivity contribution >= 4 is 59.6 Å². The van der Waals surface area contributed by atoms with E-state index in [1.165, 1.54) is 59.7 Å². The highest BCUT2D eigenvalue weighted by Gasteiger charge is 2.21. The number of aryl methyl sites for hydroxylation is 1. The Kier molecular flexibility index (Phi) is 5.09. The monoisotopic (exact) mass is 565 g/mol. The first-order chi connectivity index (χ1) is 21.3. The Balaban J connectivity index is 1.37. The third-order valence-electron chi connectivity index (χ3n) is 9.41. The number of rotatable bonds is 2. The molecule has 4 aromatic heterocycles. The lowest BCUT2D eigenvalue weighted by Gasteiger charge is -2.21. The van der Waals surface area contributed by atoms with Crippen LogP contribution < -0.4 is 0 Å². The molecule has 0 amide bonds. The highest BCUT2D eigenvalue weighted by molar-refractivity contribution is 6.28. The topological polar surface area (TPSA) is 30.2 Å². The predicted molar refractivity (Wildman–Crippen MR) is 186 cm³/mol. The third kappa shape index (κ3) is 3.62. The van der Waals surface area contributed by atoms with Gasteiger partial charge in [0.15, 0.2) is 0 Å². The van der Waals surface area contributed by atoms with E-state index in [2.05, 4.69) is 141 Å². The standard InChI is InChI=1S/C41H31N3/c1-24-23-44-39-31(24)13-8-14-33(39)34-19-29-18-30(41(2,3)4)15-16-32(29)35-21-37(43-40(44)38(34)35)27-12-7-11-26(17-27)36-20-25-9-5-6-10-28(25)22-42-36/h5-23H,1-4H3. The lowest BCUT2D eigenvalue weighted by molar-refractivity contribution is 0.591. The highest BCUT2D eigenvalue weighted by atomic mass is 15.0. The SMILES string of the molecule is Cc1cn2c3nc(-c4cccc(-c5cc6ccccc6cn5)c4)cc4c5ccc(C(C)(C)C)cc5cc(c5cccc1c52)c43. The lowest BCUT2D eigenvalue weighted by atomic mass is 9.85. The van der Waals surface area contributed by atoms with E-state index in [4.69, 9.17) is 9.97 Å². The van der Waals surface area contributed by atoms with Crippen molar-refractivity contribution in [1.82, 2.24) is 14.4 Å². The number of benzene rings is 5. The molecule has 0 saturated heterocycles. The van der Waals surface area contributed by atoms with Crippen molar-refractivity contribution in [2.45, 2.75) is 33.1 Å². The van der Waals surface area contributed by atoms with Crippen LogP contribution in [0.3, 0.4) is 0 Å². The van der Waals surface area contributed by atoms with Gasteiger partial charge in [0.1, 0.15) is 5.65 Å². The molecule has 0 bridgehead atoms. The Morgan fingerprint density at radius 3 is 2.18 bits per heavy atom. The number of nitrogens with zero attached hydrogens (tertiary/aromatic N) is 3. The Morgan fingerprint density at radius 2 is 1.34 bits per heavy atom. The van der Waals surface area contributed by atoms with E-state index in [1.54, 1.807) is 0 Å². The first-order valence-electron chi connectivity index (χ1n) is 15.3. The minimum atomic E-state index is 0.0675. The first kappa shape index (κ1) is 25.2. The average molecular weight is 566 g/mol. The van der Waals surface area contributed by atoms with Crippen molar-refractivity contribution in [3.8, 4) is 22.5 Å². The molecule has 0 aliphatic heterocycles. The van der Waals surface area contributed by atoms with Gasteiger partial charge in [-0.2, -0.15) is 0 Å². The fraction of sp³-hybridized carbons (Fsp3) is 0.122. The molecule has 0 radical (unpaired) electrons. The van der Waals surface area contributed by atoms with Gasteiger partial charge in [-0.15, -0.1) is 0 Å². The maximum Gasteiger partial charge on any atom is 0.146 e. The van der Waals surface area contributed by atoms with Crippen molar-refractivity contribution in [3.05, 3.63) is 127 Å². The number of hydrogen-bond acceptors (Lipinski definition) is 2. The molecule has 44 heavy (non-hydrogen) atoms. The van der Waals surface area contributed by atoms with Crippen LogP contribution in [0.5, 0.6) is 0 Å². The quantitative estimate of drug-likeness (QED) is 0.154. The summed E-state index contributed by atoms with van der Waals surface area (Å²) in [5.41, 5.74) is 9.01. The van der Waals surface area contributed by atoms with E-state index in [9.17, 15) is 0 Å². The summed E-state index contributed by atoms with van der Waals surface area (Å²) in [6.07, 6.45) is 4.22. The Bertz CT molecular complexity index is 2600. The second-order valence-electron chi connectivity index (χ2n) is 13.2. The zero-order valence-electron chi connectivity index (χ0n) is 25.3. The van der Waals surface area contributed by atoms with Crippen molar-refractivity contribution in [3.63, 3.8) is 0 Å². The van der Waals surface area contributed by atoms with Crippen molar-refractivity contribution < 1.29 is 0 Å². The smallest absolute Gasteiger partial charge is 0.146 e. The normalized spacial score (nSPS) is 12.5. The van der Waals surface area contributed by atoms with E-state index in [0.29, 0.717) is 0 Å². The van der Waals surface area contributed by atoms with E-state index in [0.717, 1.165) is 33.5 Å². The number of pyridine rings is 3. The van der Waals surface area contributed by atoms with Crippen molar-refractivity contribution in [2.24, 2.45) is 0 Å². The predicted octanol–water partition coefficient (Wildman–Crippen LogP) is 10.9. The average Bonchev–Trinajstić information content (AvgIpc) is 3.39. The molecule has 0 fully saturated rings. The molecule has 3 heteroatoms. The second-order valence-corrected chi connectivity index (χ2v) is 13.2. The maximum atomic E-state index is 5.43. The molecule has 5 aromatic carbocycles. The number of para-hydroxylation sites is 1. The van der Waals surface area contributed by atoms with Gasteiger partial charge < -0.3 is 0 Å².